The maximum absolute atomic E-state index is 9.41. The molecule has 0 fully saturated rings. The molecule has 0 radical (unpaired) electrons. The minimum absolute atomic E-state index is 0.417. The third kappa shape index (κ3) is 4.15. The Morgan fingerprint density at radius 3 is 2.80 bits per heavy atom. The number of thioether (sulfide) groups is 1. The minimum atomic E-state index is -0.417. The fourth-order valence-corrected chi connectivity index (χ4v) is 2.70. The Hall–Kier alpha value is -0.0300. The van der Waals surface area contributed by atoms with Crippen LogP contribution in [-0.4, -0.2) is 24.6 Å². The third-order valence-corrected chi connectivity index (χ3v) is 3.94. The van der Waals surface area contributed by atoms with Gasteiger partial charge in [-0.15, -0.1) is 11.8 Å². The van der Waals surface area contributed by atoms with Crippen molar-refractivity contribution >= 4 is 27.7 Å². The minimum Gasteiger partial charge on any atom is -0.389 e. The van der Waals surface area contributed by atoms with Gasteiger partial charge in [0.25, 0.3) is 0 Å². The quantitative estimate of drug-likeness (QED) is 0.667. The lowest BCUT2D eigenvalue weighted by molar-refractivity contribution is 0.199. The van der Waals surface area contributed by atoms with Crippen molar-refractivity contribution in [3.8, 4) is 0 Å². The van der Waals surface area contributed by atoms with E-state index in [0.717, 1.165) is 22.4 Å². The van der Waals surface area contributed by atoms with Crippen LogP contribution in [0.4, 0.5) is 0 Å². The number of hydrogen-bond donors (Lipinski definition) is 1. The Labute approximate surface area is 103 Å². The highest BCUT2D eigenvalue weighted by molar-refractivity contribution is 9.10. The SMILES string of the molecule is COCCSc1ccc([C@H](C)O)cc1Br. The van der Waals surface area contributed by atoms with Crippen molar-refractivity contribution in [3.05, 3.63) is 28.2 Å². The number of ether oxygens (including phenoxy) is 1. The van der Waals surface area contributed by atoms with Crippen LogP contribution >= 0.6 is 27.7 Å². The molecule has 1 aromatic rings. The van der Waals surface area contributed by atoms with Gasteiger partial charge in [0.15, 0.2) is 0 Å². The van der Waals surface area contributed by atoms with Crippen LogP contribution in [0.25, 0.3) is 0 Å². The second-order valence-corrected chi connectivity index (χ2v) is 5.20. The van der Waals surface area contributed by atoms with Gasteiger partial charge in [-0.1, -0.05) is 6.07 Å². The van der Waals surface area contributed by atoms with E-state index in [1.165, 1.54) is 4.90 Å². The first-order valence-corrected chi connectivity index (χ1v) is 6.52. The molecular weight excluding hydrogens is 276 g/mol. The Morgan fingerprint density at radius 2 is 2.27 bits per heavy atom. The lowest BCUT2D eigenvalue weighted by Crippen LogP contribution is -1.93. The summed E-state index contributed by atoms with van der Waals surface area (Å²) in [7, 11) is 1.70. The van der Waals surface area contributed by atoms with Crippen LogP contribution in [0.1, 0.15) is 18.6 Å². The first kappa shape index (κ1) is 13.0. The molecule has 0 aliphatic rings. The zero-order chi connectivity index (χ0) is 11.3. The highest BCUT2D eigenvalue weighted by Crippen LogP contribution is 2.29. The molecule has 1 rings (SSSR count). The van der Waals surface area contributed by atoms with E-state index in [1.54, 1.807) is 25.8 Å². The number of aliphatic hydroxyl groups is 1. The van der Waals surface area contributed by atoms with Crippen molar-refractivity contribution in [2.24, 2.45) is 0 Å². The normalized spacial score (nSPS) is 12.8. The highest BCUT2D eigenvalue weighted by atomic mass is 79.9. The highest BCUT2D eigenvalue weighted by Gasteiger charge is 2.05. The van der Waals surface area contributed by atoms with Gasteiger partial charge in [-0.2, -0.15) is 0 Å². The molecule has 4 heteroatoms. The topological polar surface area (TPSA) is 29.5 Å². The largest absolute Gasteiger partial charge is 0.389 e. The summed E-state index contributed by atoms with van der Waals surface area (Å²) >= 11 is 5.23. The number of benzene rings is 1. The molecule has 0 heterocycles. The van der Waals surface area contributed by atoms with E-state index in [-0.39, 0.29) is 0 Å². The molecule has 0 saturated carbocycles. The average molecular weight is 291 g/mol. The van der Waals surface area contributed by atoms with E-state index < -0.39 is 6.10 Å². The average Bonchev–Trinajstić information content (AvgIpc) is 2.20. The molecule has 0 aromatic heterocycles. The van der Waals surface area contributed by atoms with Crippen molar-refractivity contribution in [1.82, 2.24) is 0 Å². The van der Waals surface area contributed by atoms with Gasteiger partial charge in [-0.05, 0) is 40.5 Å². The molecule has 0 amide bonds. The second kappa shape index (κ2) is 6.53. The predicted octanol–water partition coefficient (Wildman–Crippen LogP) is 3.24. The Kier molecular flexibility index (Phi) is 5.68. The Bertz CT molecular complexity index is 315. The standard InChI is InChI=1S/C11H15BrO2S/c1-8(13)9-3-4-11(10(12)7-9)15-6-5-14-2/h3-4,7-8,13H,5-6H2,1-2H3/t8-/m0/s1. The van der Waals surface area contributed by atoms with Gasteiger partial charge in [-0.25, -0.2) is 0 Å². The fourth-order valence-electron chi connectivity index (χ4n) is 1.13. The van der Waals surface area contributed by atoms with Crippen LogP contribution in [-0.2, 0) is 4.74 Å². The van der Waals surface area contributed by atoms with Gasteiger partial charge in [0, 0.05) is 22.2 Å². The summed E-state index contributed by atoms with van der Waals surface area (Å²) in [6.45, 7) is 2.51. The van der Waals surface area contributed by atoms with Crippen molar-refractivity contribution < 1.29 is 9.84 Å². The zero-order valence-electron chi connectivity index (χ0n) is 8.87. The molecule has 2 nitrogen and oxygen atoms in total. The summed E-state index contributed by atoms with van der Waals surface area (Å²) in [5.41, 5.74) is 0.929. The van der Waals surface area contributed by atoms with Crippen LogP contribution in [0.15, 0.2) is 27.6 Å². The lowest BCUT2D eigenvalue weighted by atomic mass is 10.1. The zero-order valence-corrected chi connectivity index (χ0v) is 11.3. The molecule has 0 spiro atoms. The van der Waals surface area contributed by atoms with Crippen molar-refractivity contribution in [1.29, 1.82) is 0 Å². The molecule has 0 aliphatic carbocycles. The molecule has 0 aliphatic heterocycles. The molecule has 0 saturated heterocycles. The summed E-state index contributed by atoms with van der Waals surface area (Å²) in [5.74, 6) is 0.934. The number of halogens is 1. The molecule has 1 aromatic carbocycles. The maximum Gasteiger partial charge on any atom is 0.0762 e. The van der Waals surface area contributed by atoms with E-state index >= 15 is 0 Å². The number of aliphatic hydroxyl groups excluding tert-OH is 1. The van der Waals surface area contributed by atoms with Gasteiger partial charge >= 0.3 is 0 Å². The van der Waals surface area contributed by atoms with Crippen molar-refractivity contribution in [2.45, 2.75) is 17.9 Å². The molecule has 0 unspecified atom stereocenters. The van der Waals surface area contributed by atoms with Crippen LogP contribution in [0.3, 0.4) is 0 Å². The molecule has 1 atom stereocenters. The van der Waals surface area contributed by atoms with Crippen LogP contribution < -0.4 is 0 Å². The lowest BCUT2D eigenvalue weighted by Gasteiger charge is -2.08. The summed E-state index contributed by atoms with van der Waals surface area (Å²) in [4.78, 5) is 1.18. The van der Waals surface area contributed by atoms with E-state index in [4.69, 9.17) is 4.74 Å². The van der Waals surface area contributed by atoms with Crippen LogP contribution in [0.5, 0.6) is 0 Å². The molecule has 15 heavy (non-hydrogen) atoms. The molecule has 1 N–H and O–H groups in total. The van der Waals surface area contributed by atoms with Gasteiger partial charge in [0.2, 0.25) is 0 Å². The van der Waals surface area contributed by atoms with E-state index in [0.29, 0.717) is 0 Å². The predicted molar refractivity (Wildman–Crippen MR) is 67.4 cm³/mol. The summed E-state index contributed by atoms with van der Waals surface area (Å²) in [6, 6.07) is 5.93. The smallest absolute Gasteiger partial charge is 0.0762 e. The first-order chi connectivity index (χ1) is 7.15. The fraction of sp³-hybridized carbons (Fsp3) is 0.455. The third-order valence-electron chi connectivity index (χ3n) is 1.98. The molecular formula is C11H15BrO2S. The van der Waals surface area contributed by atoms with Gasteiger partial charge < -0.3 is 9.84 Å². The Balaban J connectivity index is 2.66. The van der Waals surface area contributed by atoms with E-state index in [1.807, 2.05) is 18.2 Å². The second-order valence-electron chi connectivity index (χ2n) is 3.21. The first-order valence-electron chi connectivity index (χ1n) is 4.74. The summed E-state index contributed by atoms with van der Waals surface area (Å²) in [5, 5.41) is 9.41. The van der Waals surface area contributed by atoms with Gasteiger partial charge in [0.05, 0.1) is 12.7 Å². The maximum atomic E-state index is 9.41. The van der Waals surface area contributed by atoms with E-state index in [2.05, 4.69) is 15.9 Å². The van der Waals surface area contributed by atoms with Gasteiger partial charge in [-0.3, -0.25) is 0 Å². The summed E-state index contributed by atoms with van der Waals surface area (Å²) < 4.78 is 6.02. The van der Waals surface area contributed by atoms with E-state index in [9.17, 15) is 5.11 Å². The van der Waals surface area contributed by atoms with Crippen LogP contribution in [0.2, 0.25) is 0 Å². The number of rotatable bonds is 5. The van der Waals surface area contributed by atoms with Crippen molar-refractivity contribution in [2.75, 3.05) is 19.5 Å². The monoisotopic (exact) mass is 290 g/mol. The van der Waals surface area contributed by atoms with Gasteiger partial charge in [0.1, 0.15) is 0 Å². The Morgan fingerprint density at radius 1 is 1.53 bits per heavy atom. The molecule has 84 valence electrons. The molecule has 0 bridgehead atoms. The number of hydrogen-bond acceptors (Lipinski definition) is 3. The van der Waals surface area contributed by atoms with Crippen molar-refractivity contribution in [3.63, 3.8) is 0 Å². The van der Waals surface area contributed by atoms with Crippen LogP contribution in [0, 0.1) is 0 Å². The summed E-state index contributed by atoms with van der Waals surface area (Å²) in [6.07, 6.45) is -0.417. The number of methoxy groups -OCH3 is 1.